The van der Waals surface area contributed by atoms with Crippen LogP contribution in [0.5, 0.6) is 0 Å². The number of benzene rings is 2. The van der Waals surface area contributed by atoms with Crippen molar-refractivity contribution in [3.05, 3.63) is 63.8 Å². The Balaban J connectivity index is 1.73. The summed E-state index contributed by atoms with van der Waals surface area (Å²) in [5.41, 5.74) is 10.0. The Morgan fingerprint density at radius 3 is 2.67 bits per heavy atom. The van der Waals surface area contributed by atoms with E-state index in [0.717, 1.165) is 27.7 Å². The van der Waals surface area contributed by atoms with Gasteiger partial charge in [-0.25, -0.2) is 0 Å². The molecule has 0 aliphatic carbocycles. The molecule has 120 valence electrons. The van der Waals surface area contributed by atoms with E-state index in [2.05, 4.69) is 10.3 Å². The van der Waals surface area contributed by atoms with Crippen LogP contribution in [0.25, 0.3) is 10.9 Å². The molecule has 0 spiro atoms. The van der Waals surface area contributed by atoms with E-state index in [1.165, 1.54) is 16.8 Å². The average Bonchev–Trinajstić information content (AvgIpc) is 2.89. The molecule has 8 nitrogen and oxygen atoms in total. The van der Waals surface area contributed by atoms with E-state index in [1.807, 2.05) is 12.1 Å². The number of anilines is 2. The molecule has 1 atom stereocenters. The molecule has 0 fully saturated rings. The number of aliphatic imine (C=N–C) groups is 1. The van der Waals surface area contributed by atoms with E-state index in [-0.39, 0.29) is 11.9 Å². The fourth-order valence-corrected chi connectivity index (χ4v) is 2.94. The highest BCUT2D eigenvalue weighted by atomic mass is 16.6. The number of fused-ring (bicyclic) bond motifs is 3. The van der Waals surface area contributed by atoms with Crippen molar-refractivity contribution in [3.63, 3.8) is 0 Å². The quantitative estimate of drug-likeness (QED) is 0.379. The van der Waals surface area contributed by atoms with Gasteiger partial charge in [-0.3, -0.25) is 19.8 Å². The molecule has 0 saturated heterocycles. The van der Waals surface area contributed by atoms with Crippen molar-refractivity contribution in [2.75, 3.05) is 16.9 Å². The number of hydrogen-bond donors (Lipinski definition) is 3. The highest BCUT2D eigenvalue weighted by molar-refractivity contribution is 6.08. The minimum Gasteiger partial charge on any atom is -0.397 e. The highest BCUT2D eigenvalue weighted by Crippen LogP contribution is 2.34. The van der Waals surface area contributed by atoms with Crippen LogP contribution >= 0.6 is 0 Å². The lowest BCUT2D eigenvalue weighted by Gasteiger charge is -2.22. The standard InChI is InChI=1S/C16H14N6O2/c17-13-8-21(18)15-11(13)5-6-14-12(15)7-19-16(20-14)9-1-3-10(4-2-9)22(23)24/h1-8,16,20H,17-18H2. The first-order valence-corrected chi connectivity index (χ1v) is 7.27. The van der Waals surface area contributed by atoms with Crippen LogP contribution in [0.3, 0.4) is 0 Å². The van der Waals surface area contributed by atoms with Gasteiger partial charge >= 0.3 is 0 Å². The van der Waals surface area contributed by atoms with E-state index < -0.39 is 4.92 Å². The molecule has 8 heteroatoms. The Morgan fingerprint density at radius 1 is 1.21 bits per heavy atom. The second-order valence-corrected chi connectivity index (χ2v) is 5.59. The molecule has 1 aromatic heterocycles. The van der Waals surface area contributed by atoms with Crippen LogP contribution in [0, 0.1) is 10.1 Å². The predicted octanol–water partition coefficient (Wildman–Crippen LogP) is 2.39. The monoisotopic (exact) mass is 322 g/mol. The van der Waals surface area contributed by atoms with Crippen LogP contribution in [-0.4, -0.2) is 15.8 Å². The minimum absolute atomic E-state index is 0.0529. The maximum absolute atomic E-state index is 10.7. The van der Waals surface area contributed by atoms with E-state index >= 15 is 0 Å². The van der Waals surface area contributed by atoms with Crippen molar-refractivity contribution in [2.24, 2.45) is 4.99 Å². The van der Waals surface area contributed by atoms with Gasteiger partial charge in [0.1, 0.15) is 6.17 Å². The van der Waals surface area contributed by atoms with E-state index in [0.29, 0.717) is 5.69 Å². The van der Waals surface area contributed by atoms with Crippen molar-refractivity contribution < 1.29 is 4.92 Å². The fraction of sp³-hybridized carbons (Fsp3) is 0.0625. The molecule has 1 unspecified atom stereocenters. The number of aromatic nitrogens is 1. The smallest absolute Gasteiger partial charge is 0.269 e. The Kier molecular flexibility index (Phi) is 2.92. The molecule has 0 saturated carbocycles. The van der Waals surface area contributed by atoms with Gasteiger partial charge in [0.2, 0.25) is 0 Å². The van der Waals surface area contributed by atoms with Crippen molar-refractivity contribution in [1.29, 1.82) is 0 Å². The summed E-state index contributed by atoms with van der Waals surface area (Å²) in [6.07, 6.45) is 3.11. The molecule has 24 heavy (non-hydrogen) atoms. The van der Waals surface area contributed by atoms with Gasteiger partial charge in [0.15, 0.2) is 0 Å². The lowest BCUT2D eigenvalue weighted by atomic mass is 10.1. The molecule has 0 bridgehead atoms. The minimum atomic E-state index is -0.423. The Labute approximate surface area is 136 Å². The van der Waals surface area contributed by atoms with E-state index in [4.69, 9.17) is 11.6 Å². The van der Waals surface area contributed by atoms with Gasteiger partial charge in [-0.1, -0.05) is 0 Å². The van der Waals surface area contributed by atoms with Crippen LogP contribution in [0.2, 0.25) is 0 Å². The third kappa shape index (κ3) is 2.04. The molecule has 3 aromatic rings. The van der Waals surface area contributed by atoms with Crippen molar-refractivity contribution in [3.8, 4) is 0 Å². The number of nitrogens with two attached hydrogens (primary N) is 2. The molecule has 1 aliphatic rings. The summed E-state index contributed by atoms with van der Waals surface area (Å²) in [5, 5.41) is 14.9. The fourth-order valence-electron chi connectivity index (χ4n) is 2.94. The summed E-state index contributed by atoms with van der Waals surface area (Å²) in [7, 11) is 0. The molecular formula is C16H14N6O2. The van der Waals surface area contributed by atoms with Gasteiger partial charge in [0.05, 0.1) is 16.1 Å². The summed E-state index contributed by atoms with van der Waals surface area (Å²) in [6.45, 7) is 0. The normalized spacial score (nSPS) is 15.9. The summed E-state index contributed by atoms with van der Waals surface area (Å²) in [5.74, 6) is 5.98. The summed E-state index contributed by atoms with van der Waals surface area (Å²) < 4.78 is 1.49. The molecular weight excluding hydrogens is 308 g/mol. The first kappa shape index (κ1) is 14.1. The van der Waals surface area contributed by atoms with Gasteiger partial charge in [0.25, 0.3) is 5.69 Å². The van der Waals surface area contributed by atoms with Crippen molar-refractivity contribution in [1.82, 2.24) is 4.68 Å². The molecule has 0 amide bonds. The maximum Gasteiger partial charge on any atom is 0.269 e. The molecule has 1 aliphatic heterocycles. The average molecular weight is 322 g/mol. The van der Waals surface area contributed by atoms with Gasteiger partial charge in [-0.15, -0.1) is 0 Å². The van der Waals surface area contributed by atoms with Gasteiger partial charge in [-0.05, 0) is 29.8 Å². The summed E-state index contributed by atoms with van der Waals surface area (Å²) >= 11 is 0. The van der Waals surface area contributed by atoms with Crippen LogP contribution in [0.15, 0.2) is 47.6 Å². The number of non-ortho nitro benzene ring substituents is 1. The first-order valence-electron chi connectivity index (χ1n) is 7.27. The van der Waals surface area contributed by atoms with Crippen LogP contribution < -0.4 is 16.9 Å². The number of nitro groups is 1. The van der Waals surface area contributed by atoms with E-state index in [1.54, 1.807) is 24.5 Å². The molecule has 2 heterocycles. The van der Waals surface area contributed by atoms with Gasteiger partial charge < -0.3 is 16.9 Å². The van der Waals surface area contributed by atoms with E-state index in [9.17, 15) is 10.1 Å². The molecule has 5 N–H and O–H groups in total. The van der Waals surface area contributed by atoms with Crippen LogP contribution in [0.1, 0.15) is 17.3 Å². The number of rotatable bonds is 2. The lowest BCUT2D eigenvalue weighted by Crippen LogP contribution is -2.16. The van der Waals surface area contributed by atoms with Crippen molar-refractivity contribution in [2.45, 2.75) is 6.17 Å². The Bertz CT molecular complexity index is 990. The third-order valence-electron chi connectivity index (χ3n) is 4.13. The Morgan fingerprint density at radius 2 is 1.96 bits per heavy atom. The van der Waals surface area contributed by atoms with Crippen LogP contribution in [-0.2, 0) is 0 Å². The number of nitrogens with one attached hydrogen (secondary N) is 1. The topological polar surface area (TPSA) is 125 Å². The van der Waals surface area contributed by atoms with Gasteiger partial charge in [0, 0.05) is 41.2 Å². The van der Waals surface area contributed by atoms with Crippen LogP contribution in [0.4, 0.5) is 17.1 Å². The number of nitrogen functional groups attached to an aromatic ring is 2. The second-order valence-electron chi connectivity index (χ2n) is 5.59. The van der Waals surface area contributed by atoms with Crippen molar-refractivity contribution >= 4 is 34.2 Å². The second kappa shape index (κ2) is 4.98. The lowest BCUT2D eigenvalue weighted by molar-refractivity contribution is -0.384. The zero-order valence-corrected chi connectivity index (χ0v) is 12.5. The molecule has 4 rings (SSSR count). The number of hydrogen-bond acceptors (Lipinski definition) is 6. The predicted molar refractivity (Wildman–Crippen MR) is 93.6 cm³/mol. The zero-order chi connectivity index (χ0) is 16.8. The molecule has 2 aromatic carbocycles. The molecule has 0 radical (unpaired) electrons. The third-order valence-corrected chi connectivity index (χ3v) is 4.13. The first-order chi connectivity index (χ1) is 11.5. The maximum atomic E-state index is 10.7. The Hall–Kier alpha value is -3.55. The zero-order valence-electron chi connectivity index (χ0n) is 12.5. The SMILES string of the molecule is Nc1cn(N)c2c3c(ccc12)NC(c1ccc([N+](=O)[O-])cc1)N=C3. The summed E-state index contributed by atoms with van der Waals surface area (Å²) in [4.78, 5) is 14.8. The van der Waals surface area contributed by atoms with Gasteiger partial charge in [-0.2, -0.15) is 0 Å². The largest absolute Gasteiger partial charge is 0.397 e. The highest BCUT2D eigenvalue weighted by Gasteiger charge is 2.20. The number of nitrogens with zero attached hydrogens (tertiary/aromatic N) is 3. The number of nitro benzene ring substituents is 1. The summed E-state index contributed by atoms with van der Waals surface area (Å²) in [6, 6.07) is 10.2.